The Morgan fingerprint density at radius 2 is 1.11 bits per heavy atom. The van der Waals surface area contributed by atoms with Crippen LogP contribution >= 0.6 is 0 Å². The molecule has 0 spiro atoms. The van der Waals surface area contributed by atoms with E-state index < -0.39 is 5.54 Å². The third-order valence-corrected chi connectivity index (χ3v) is 9.48. The molecule has 4 aromatic carbocycles. The second-order valence-corrected chi connectivity index (χ2v) is 13.3. The number of likely N-dealkylation sites (N-methyl/N-ethyl adjacent to an activating group) is 2. The molecule has 0 aliphatic rings. The minimum absolute atomic E-state index is 0.0240. The topological polar surface area (TPSA) is 43.9 Å². The van der Waals surface area contributed by atoms with E-state index in [0.29, 0.717) is 18.4 Å². The second kappa shape index (κ2) is 15.6. The third-order valence-electron chi connectivity index (χ3n) is 9.48. The molecule has 242 valence electrons. The Morgan fingerprint density at radius 1 is 0.630 bits per heavy atom. The molecule has 0 N–H and O–H groups in total. The SMILES string of the molecule is CCC(Cc1ccccc1)(C(=O)c1ccc(C(c2ccc(C(=O)C(C(C)Cc3ccccc3)N(C)C)cc2)N(C)C)cc1)N(C)C. The van der Waals surface area contributed by atoms with Crippen molar-refractivity contribution in [2.75, 3.05) is 42.3 Å². The van der Waals surface area contributed by atoms with E-state index in [1.165, 1.54) is 5.56 Å². The first-order valence-electron chi connectivity index (χ1n) is 16.4. The fraction of sp³-hybridized carbons (Fsp3) is 0.366. The summed E-state index contributed by atoms with van der Waals surface area (Å²) >= 11 is 0. The molecular weight excluding hydrogens is 566 g/mol. The zero-order valence-corrected chi connectivity index (χ0v) is 28.9. The lowest BCUT2D eigenvalue weighted by molar-refractivity contribution is 0.0666. The Balaban J connectivity index is 1.55. The van der Waals surface area contributed by atoms with Crippen molar-refractivity contribution in [3.63, 3.8) is 0 Å². The summed E-state index contributed by atoms with van der Waals surface area (Å²) in [6.45, 7) is 4.25. The molecule has 0 aromatic heterocycles. The van der Waals surface area contributed by atoms with Gasteiger partial charge in [0, 0.05) is 11.1 Å². The smallest absolute Gasteiger partial charge is 0.183 e. The van der Waals surface area contributed by atoms with Gasteiger partial charge in [-0.3, -0.25) is 24.3 Å². The van der Waals surface area contributed by atoms with Crippen molar-refractivity contribution in [2.24, 2.45) is 5.92 Å². The predicted octanol–water partition coefficient (Wildman–Crippen LogP) is 7.47. The Labute approximate surface area is 276 Å². The highest BCUT2D eigenvalue weighted by Gasteiger charge is 2.39. The molecule has 46 heavy (non-hydrogen) atoms. The van der Waals surface area contributed by atoms with Gasteiger partial charge in [-0.05, 0) is 89.7 Å². The van der Waals surface area contributed by atoms with Gasteiger partial charge >= 0.3 is 0 Å². The van der Waals surface area contributed by atoms with Crippen LogP contribution in [0.15, 0.2) is 109 Å². The number of nitrogens with zero attached hydrogens (tertiary/aromatic N) is 3. The Morgan fingerprint density at radius 3 is 1.54 bits per heavy atom. The van der Waals surface area contributed by atoms with Gasteiger partial charge in [0.15, 0.2) is 11.6 Å². The largest absolute Gasteiger partial charge is 0.299 e. The maximum absolute atomic E-state index is 14.1. The van der Waals surface area contributed by atoms with Gasteiger partial charge in [-0.2, -0.15) is 0 Å². The van der Waals surface area contributed by atoms with E-state index in [-0.39, 0.29) is 29.6 Å². The summed E-state index contributed by atoms with van der Waals surface area (Å²) in [5.74, 6) is 0.434. The monoisotopic (exact) mass is 617 g/mol. The van der Waals surface area contributed by atoms with E-state index in [9.17, 15) is 9.59 Å². The highest BCUT2D eigenvalue weighted by Crippen LogP contribution is 2.31. The molecule has 4 atom stereocenters. The standard InChI is InChI=1S/C41H51N3O2/c1-9-41(44(7)8,29-32-18-14-11-15-19-32)40(46)36-26-22-34(23-27-36)38(43(5)6)33-20-24-35(25-21-33)39(45)37(42(3)4)30(2)28-31-16-12-10-13-17-31/h10-27,30,37-38H,9,28-29H2,1-8H3. The minimum Gasteiger partial charge on any atom is -0.299 e. The Bertz CT molecular complexity index is 1550. The van der Waals surface area contributed by atoms with Crippen LogP contribution in [0.25, 0.3) is 0 Å². The summed E-state index contributed by atoms with van der Waals surface area (Å²) in [6.07, 6.45) is 2.21. The van der Waals surface area contributed by atoms with E-state index in [2.05, 4.69) is 86.3 Å². The lowest BCUT2D eigenvalue weighted by atomic mass is 9.80. The maximum atomic E-state index is 14.1. The number of benzene rings is 4. The van der Waals surface area contributed by atoms with Crippen LogP contribution in [0.3, 0.4) is 0 Å². The molecule has 0 aliphatic carbocycles. The summed E-state index contributed by atoms with van der Waals surface area (Å²) < 4.78 is 0. The molecule has 0 radical (unpaired) electrons. The van der Waals surface area contributed by atoms with Gasteiger partial charge in [-0.1, -0.05) is 123 Å². The van der Waals surface area contributed by atoms with Gasteiger partial charge in [0.1, 0.15) is 0 Å². The van der Waals surface area contributed by atoms with Crippen LogP contribution in [0.4, 0.5) is 0 Å². The Kier molecular flexibility index (Phi) is 11.9. The number of carbonyl (C=O) groups excluding carboxylic acids is 2. The number of hydrogen-bond acceptors (Lipinski definition) is 5. The van der Waals surface area contributed by atoms with E-state index in [4.69, 9.17) is 0 Å². The molecule has 4 aromatic rings. The summed E-state index contributed by atoms with van der Waals surface area (Å²) in [6, 6.07) is 36.5. The maximum Gasteiger partial charge on any atom is 0.183 e. The number of hydrogen-bond donors (Lipinski definition) is 0. The van der Waals surface area contributed by atoms with Crippen molar-refractivity contribution >= 4 is 11.6 Å². The summed E-state index contributed by atoms with van der Waals surface area (Å²) in [5, 5.41) is 0. The van der Waals surface area contributed by atoms with Gasteiger partial charge in [0.05, 0.1) is 17.6 Å². The molecule has 5 nitrogen and oxygen atoms in total. The highest BCUT2D eigenvalue weighted by atomic mass is 16.1. The van der Waals surface area contributed by atoms with Crippen molar-refractivity contribution in [2.45, 2.75) is 50.7 Å². The lowest BCUT2D eigenvalue weighted by Gasteiger charge is -2.38. The lowest BCUT2D eigenvalue weighted by Crippen LogP contribution is -2.52. The molecule has 0 saturated heterocycles. The predicted molar refractivity (Wildman–Crippen MR) is 191 cm³/mol. The summed E-state index contributed by atoms with van der Waals surface area (Å²) in [4.78, 5) is 34.2. The average molecular weight is 618 g/mol. The van der Waals surface area contributed by atoms with Crippen molar-refractivity contribution in [1.29, 1.82) is 0 Å². The summed E-state index contributed by atoms with van der Waals surface area (Å²) in [7, 11) is 12.1. The Hall–Kier alpha value is -3.90. The van der Waals surface area contributed by atoms with E-state index in [1.807, 2.05) is 93.8 Å². The number of rotatable bonds is 15. The first kappa shape index (κ1) is 35.0. The average Bonchev–Trinajstić information content (AvgIpc) is 3.04. The van der Waals surface area contributed by atoms with Crippen molar-refractivity contribution < 1.29 is 9.59 Å². The molecule has 0 fully saturated rings. The van der Waals surface area contributed by atoms with Crippen LogP contribution in [0.2, 0.25) is 0 Å². The fourth-order valence-electron chi connectivity index (χ4n) is 6.95. The van der Waals surface area contributed by atoms with Crippen LogP contribution < -0.4 is 0 Å². The van der Waals surface area contributed by atoms with Gasteiger partial charge in [-0.25, -0.2) is 0 Å². The number of Topliss-reactive ketones (excluding diaryl/α,β-unsaturated/α-hetero) is 2. The van der Waals surface area contributed by atoms with Gasteiger partial charge in [-0.15, -0.1) is 0 Å². The normalized spacial score (nSPS) is 15.0. The van der Waals surface area contributed by atoms with Crippen LogP contribution in [-0.2, 0) is 12.8 Å². The molecular formula is C41H51N3O2. The molecule has 0 amide bonds. The van der Waals surface area contributed by atoms with Crippen LogP contribution in [-0.4, -0.2) is 80.1 Å². The van der Waals surface area contributed by atoms with Crippen LogP contribution in [0.5, 0.6) is 0 Å². The van der Waals surface area contributed by atoms with E-state index in [1.54, 1.807) is 0 Å². The third kappa shape index (κ3) is 7.90. The minimum atomic E-state index is -0.630. The zero-order chi connectivity index (χ0) is 33.4. The molecule has 0 aliphatic heterocycles. The fourth-order valence-corrected chi connectivity index (χ4v) is 6.95. The molecule has 4 rings (SSSR count). The molecule has 0 saturated carbocycles. The number of ketones is 2. The van der Waals surface area contributed by atoms with E-state index >= 15 is 0 Å². The molecule has 5 heteroatoms. The van der Waals surface area contributed by atoms with Gasteiger partial charge < -0.3 is 0 Å². The molecule has 0 bridgehead atoms. The van der Waals surface area contributed by atoms with Crippen molar-refractivity contribution in [1.82, 2.24) is 14.7 Å². The first-order chi connectivity index (χ1) is 22.0. The van der Waals surface area contributed by atoms with Gasteiger partial charge in [0.25, 0.3) is 0 Å². The number of carbonyl (C=O) groups is 2. The van der Waals surface area contributed by atoms with Crippen LogP contribution in [0, 0.1) is 5.92 Å². The molecule has 4 unspecified atom stereocenters. The highest BCUT2D eigenvalue weighted by molar-refractivity contribution is 6.03. The first-order valence-corrected chi connectivity index (χ1v) is 16.4. The van der Waals surface area contributed by atoms with Crippen LogP contribution in [0.1, 0.15) is 69.3 Å². The van der Waals surface area contributed by atoms with Crippen molar-refractivity contribution in [3.8, 4) is 0 Å². The quantitative estimate of drug-likeness (QED) is 0.130. The second-order valence-electron chi connectivity index (χ2n) is 13.3. The molecule has 0 heterocycles. The summed E-state index contributed by atoms with van der Waals surface area (Å²) in [5.41, 5.74) is 5.39. The van der Waals surface area contributed by atoms with Crippen molar-refractivity contribution in [3.05, 3.63) is 143 Å². The van der Waals surface area contributed by atoms with E-state index in [0.717, 1.165) is 28.7 Å². The zero-order valence-electron chi connectivity index (χ0n) is 28.9. The van der Waals surface area contributed by atoms with Gasteiger partial charge in [0.2, 0.25) is 0 Å².